The topological polar surface area (TPSA) is 17.1 Å². The summed E-state index contributed by atoms with van der Waals surface area (Å²) in [6.45, 7) is 0. The van der Waals surface area contributed by atoms with E-state index in [4.69, 9.17) is 0 Å². The summed E-state index contributed by atoms with van der Waals surface area (Å²) >= 11 is 0. The predicted molar refractivity (Wildman–Crippen MR) is 48.4 cm³/mol. The number of hydrogen-bond acceptors (Lipinski definition) is 1. The molecule has 2 unspecified atom stereocenters. The van der Waals surface area contributed by atoms with Gasteiger partial charge in [-0.2, -0.15) is 13.2 Å². The molecule has 2 rings (SSSR count). The zero-order valence-corrected chi connectivity index (χ0v) is 7.79. The summed E-state index contributed by atoms with van der Waals surface area (Å²) in [6, 6.07) is 5.04. The van der Waals surface area contributed by atoms with E-state index in [0.717, 1.165) is 30.4 Å². The van der Waals surface area contributed by atoms with E-state index in [2.05, 4.69) is 0 Å². The molecule has 0 bridgehead atoms. The highest BCUT2D eigenvalue weighted by Crippen LogP contribution is 2.46. The van der Waals surface area contributed by atoms with Gasteiger partial charge in [0.1, 0.15) is 6.29 Å². The fraction of sp³-hybridized carbons (Fsp3) is 0.364. The summed E-state index contributed by atoms with van der Waals surface area (Å²) in [5, 5.41) is 0. The minimum absolute atomic E-state index is 0.00161. The van der Waals surface area contributed by atoms with Gasteiger partial charge in [-0.05, 0) is 30.0 Å². The Morgan fingerprint density at radius 2 is 1.80 bits per heavy atom. The molecule has 1 aliphatic rings. The summed E-state index contributed by atoms with van der Waals surface area (Å²) in [7, 11) is 0. The first-order valence-corrected chi connectivity index (χ1v) is 4.65. The molecule has 1 nitrogen and oxygen atoms in total. The normalized spacial score (nSPS) is 25.0. The van der Waals surface area contributed by atoms with E-state index in [9.17, 15) is 18.0 Å². The van der Waals surface area contributed by atoms with E-state index in [1.54, 1.807) is 0 Å². The quantitative estimate of drug-likeness (QED) is 0.691. The smallest absolute Gasteiger partial charge is 0.303 e. The Balaban J connectivity index is 2.15. The van der Waals surface area contributed by atoms with Crippen molar-refractivity contribution >= 4 is 6.29 Å². The highest BCUT2D eigenvalue weighted by Gasteiger charge is 2.38. The van der Waals surface area contributed by atoms with Crippen LogP contribution in [0.5, 0.6) is 0 Å². The average molecular weight is 214 g/mol. The van der Waals surface area contributed by atoms with Gasteiger partial charge in [0, 0.05) is 5.92 Å². The number of carbonyl (C=O) groups is 1. The number of rotatable bonds is 2. The Labute approximate surface area is 84.9 Å². The summed E-state index contributed by atoms with van der Waals surface area (Å²) in [4.78, 5) is 10.4. The number of carbonyl (C=O) groups excluding carboxylic acids is 1. The molecule has 0 aliphatic heterocycles. The predicted octanol–water partition coefficient (Wildman–Crippen LogP) is 3.01. The minimum Gasteiger partial charge on any atom is -0.303 e. The van der Waals surface area contributed by atoms with Crippen molar-refractivity contribution in [3.8, 4) is 0 Å². The first-order valence-electron chi connectivity index (χ1n) is 4.65. The molecule has 1 aliphatic carbocycles. The number of aldehydes is 1. The summed E-state index contributed by atoms with van der Waals surface area (Å²) < 4.78 is 36.7. The van der Waals surface area contributed by atoms with Crippen LogP contribution in [0.2, 0.25) is 0 Å². The fourth-order valence-corrected chi connectivity index (χ4v) is 1.67. The standard InChI is InChI=1S/C11H9F3O/c12-11(13,14)9-3-1-7(2-4-9)10-5-8(10)6-15/h1-4,6,8,10H,5H2. The Hall–Kier alpha value is -1.32. The van der Waals surface area contributed by atoms with Crippen LogP contribution in [0, 0.1) is 5.92 Å². The molecule has 0 saturated heterocycles. The van der Waals surface area contributed by atoms with Crippen molar-refractivity contribution < 1.29 is 18.0 Å². The lowest BCUT2D eigenvalue weighted by molar-refractivity contribution is -0.137. The van der Waals surface area contributed by atoms with Gasteiger partial charge in [0.2, 0.25) is 0 Å². The molecule has 1 aromatic carbocycles. The molecule has 0 N–H and O–H groups in total. The van der Waals surface area contributed by atoms with Crippen molar-refractivity contribution in [2.45, 2.75) is 18.5 Å². The van der Waals surface area contributed by atoms with E-state index in [1.807, 2.05) is 0 Å². The van der Waals surface area contributed by atoms with Crippen LogP contribution in [-0.4, -0.2) is 6.29 Å². The largest absolute Gasteiger partial charge is 0.416 e. The van der Waals surface area contributed by atoms with Gasteiger partial charge in [0.15, 0.2) is 0 Å². The second-order valence-corrected chi connectivity index (χ2v) is 3.76. The van der Waals surface area contributed by atoms with Crippen LogP contribution in [0.15, 0.2) is 24.3 Å². The van der Waals surface area contributed by atoms with Crippen molar-refractivity contribution in [2.75, 3.05) is 0 Å². The summed E-state index contributed by atoms with van der Waals surface area (Å²) in [6.07, 6.45) is -2.66. The molecule has 1 fully saturated rings. The van der Waals surface area contributed by atoms with Crippen molar-refractivity contribution in [2.24, 2.45) is 5.92 Å². The van der Waals surface area contributed by atoms with Gasteiger partial charge in [-0.25, -0.2) is 0 Å². The molecular weight excluding hydrogens is 205 g/mol. The Morgan fingerprint density at radius 1 is 1.20 bits per heavy atom. The maximum atomic E-state index is 12.2. The summed E-state index contributed by atoms with van der Waals surface area (Å²) in [5.41, 5.74) is 0.176. The third-order valence-electron chi connectivity index (χ3n) is 2.68. The van der Waals surface area contributed by atoms with Crippen LogP contribution in [0.25, 0.3) is 0 Å². The lowest BCUT2D eigenvalue weighted by Gasteiger charge is -2.06. The first-order chi connectivity index (χ1) is 7.02. The Morgan fingerprint density at radius 3 is 2.20 bits per heavy atom. The second kappa shape index (κ2) is 3.36. The van der Waals surface area contributed by atoms with Gasteiger partial charge < -0.3 is 4.79 Å². The zero-order valence-electron chi connectivity index (χ0n) is 7.79. The van der Waals surface area contributed by atoms with Gasteiger partial charge in [0.25, 0.3) is 0 Å². The fourth-order valence-electron chi connectivity index (χ4n) is 1.67. The molecule has 0 amide bonds. The molecule has 2 atom stereocenters. The summed E-state index contributed by atoms with van der Waals surface area (Å²) in [5.74, 6) is 0.131. The van der Waals surface area contributed by atoms with E-state index in [0.29, 0.717) is 0 Å². The molecule has 80 valence electrons. The average Bonchev–Trinajstić information content (AvgIpc) is 2.95. The molecule has 0 aromatic heterocycles. The number of hydrogen-bond donors (Lipinski definition) is 0. The molecule has 0 radical (unpaired) electrons. The molecular formula is C11H9F3O. The number of halogens is 3. The van der Waals surface area contributed by atoms with E-state index < -0.39 is 11.7 Å². The first kappa shape index (κ1) is 10.2. The highest BCUT2D eigenvalue weighted by atomic mass is 19.4. The van der Waals surface area contributed by atoms with Crippen LogP contribution in [-0.2, 0) is 11.0 Å². The molecule has 0 spiro atoms. The third-order valence-corrected chi connectivity index (χ3v) is 2.68. The van der Waals surface area contributed by atoms with Crippen LogP contribution in [0.3, 0.4) is 0 Å². The van der Waals surface area contributed by atoms with Crippen LogP contribution in [0.1, 0.15) is 23.5 Å². The van der Waals surface area contributed by atoms with Crippen molar-refractivity contribution in [3.05, 3.63) is 35.4 Å². The van der Waals surface area contributed by atoms with E-state index in [1.165, 1.54) is 12.1 Å². The SMILES string of the molecule is O=CC1CC1c1ccc(C(F)(F)F)cc1. The van der Waals surface area contributed by atoms with Crippen molar-refractivity contribution in [1.29, 1.82) is 0 Å². The lowest BCUT2D eigenvalue weighted by Crippen LogP contribution is -2.04. The van der Waals surface area contributed by atoms with Crippen molar-refractivity contribution in [3.63, 3.8) is 0 Å². The molecule has 0 heterocycles. The van der Waals surface area contributed by atoms with Gasteiger partial charge >= 0.3 is 6.18 Å². The zero-order chi connectivity index (χ0) is 11.1. The maximum Gasteiger partial charge on any atom is 0.416 e. The van der Waals surface area contributed by atoms with Gasteiger partial charge in [-0.1, -0.05) is 12.1 Å². The van der Waals surface area contributed by atoms with Gasteiger partial charge in [-0.3, -0.25) is 0 Å². The number of benzene rings is 1. The third kappa shape index (κ3) is 2.03. The Bertz CT molecular complexity index is 366. The van der Waals surface area contributed by atoms with Crippen LogP contribution >= 0.6 is 0 Å². The maximum absolute atomic E-state index is 12.2. The second-order valence-electron chi connectivity index (χ2n) is 3.76. The molecule has 1 saturated carbocycles. The van der Waals surface area contributed by atoms with Crippen LogP contribution < -0.4 is 0 Å². The van der Waals surface area contributed by atoms with E-state index >= 15 is 0 Å². The minimum atomic E-state index is -4.29. The van der Waals surface area contributed by atoms with Gasteiger partial charge in [-0.15, -0.1) is 0 Å². The van der Waals surface area contributed by atoms with Crippen molar-refractivity contribution in [1.82, 2.24) is 0 Å². The number of alkyl halides is 3. The van der Waals surface area contributed by atoms with Crippen LogP contribution in [0.4, 0.5) is 13.2 Å². The lowest BCUT2D eigenvalue weighted by atomic mass is 10.1. The van der Waals surface area contributed by atoms with E-state index in [-0.39, 0.29) is 11.8 Å². The Kier molecular flexibility index (Phi) is 2.29. The molecule has 1 aromatic rings. The molecule has 4 heteroatoms. The monoisotopic (exact) mass is 214 g/mol. The highest BCUT2D eigenvalue weighted by molar-refractivity contribution is 5.61. The molecule has 15 heavy (non-hydrogen) atoms. The van der Waals surface area contributed by atoms with Gasteiger partial charge in [0.05, 0.1) is 5.56 Å².